The summed E-state index contributed by atoms with van der Waals surface area (Å²) in [5.74, 6) is 2.39. The number of rotatable bonds is 4. The number of fused-ring (bicyclic) bond motifs is 1. The molecule has 2 aromatic rings. The summed E-state index contributed by atoms with van der Waals surface area (Å²) < 4.78 is 10.7. The lowest BCUT2D eigenvalue weighted by Gasteiger charge is -2.56. The van der Waals surface area contributed by atoms with Crippen LogP contribution in [0.15, 0.2) is 30.3 Å². The van der Waals surface area contributed by atoms with E-state index in [2.05, 4.69) is 22.8 Å². The number of ether oxygens (including phenoxy) is 2. The van der Waals surface area contributed by atoms with E-state index in [0.717, 1.165) is 24.3 Å². The highest BCUT2D eigenvalue weighted by Crippen LogP contribution is 2.55. The minimum atomic E-state index is 0.251. The summed E-state index contributed by atoms with van der Waals surface area (Å²) in [6, 6.07) is 10.5. The average molecular weight is 395 g/mol. The van der Waals surface area contributed by atoms with Gasteiger partial charge in [-0.3, -0.25) is 0 Å². The molecule has 154 valence electrons. The van der Waals surface area contributed by atoms with E-state index in [1.165, 1.54) is 43.2 Å². The quantitative estimate of drug-likeness (QED) is 0.667. The van der Waals surface area contributed by atoms with Crippen LogP contribution in [-0.4, -0.2) is 31.9 Å². The Morgan fingerprint density at radius 3 is 2.76 bits per heavy atom. The molecule has 3 atom stereocenters. The number of methoxy groups -OCH3 is 2. The van der Waals surface area contributed by atoms with E-state index in [1.807, 2.05) is 18.2 Å². The molecular formula is C24H30N2O3. The SMILES string of the molecule is COc1ccc(Nc2cc3c(cc2O)[C@]24CCCC[C@@H]2[C@H](C3)NCC4)cc1OC. The number of aromatic hydroxyl groups is 1. The Kier molecular flexibility index (Phi) is 4.58. The van der Waals surface area contributed by atoms with Crippen molar-refractivity contribution < 1.29 is 14.6 Å². The monoisotopic (exact) mass is 394 g/mol. The number of piperidine rings is 1. The Labute approximate surface area is 172 Å². The van der Waals surface area contributed by atoms with Gasteiger partial charge in [0, 0.05) is 23.2 Å². The summed E-state index contributed by atoms with van der Waals surface area (Å²) in [5, 5.41) is 18.1. The van der Waals surface area contributed by atoms with Gasteiger partial charge in [-0.05, 0) is 73.5 Å². The molecule has 1 aliphatic heterocycles. The minimum absolute atomic E-state index is 0.251. The molecule has 0 unspecified atom stereocenters. The van der Waals surface area contributed by atoms with E-state index in [1.54, 1.807) is 14.2 Å². The van der Waals surface area contributed by atoms with Crippen LogP contribution in [0.25, 0.3) is 0 Å². The summed E-state index contributed by atoms with van der Waals surface area (Å²) in [7, 11) is 3.26. The second-order valence-electron chi connectivity index (χ2n) is 8.74. The maximum atomic E-state index is 10.9. The van der Waals surface area contributed by atoms with Gasteiger partial charge in [0.05, 0.1) is 19.9 Å². The molecule has 5 heteroatoms. The molecule has 2 bridgehead atoms. The van der Waals surface area contributed by atoms with Gasteiger partial charge in [-0.15, -0.1) is 0 Å². The highest BCUT2D eigenvalue weighted by Gasteiger charge is 2.51. The largest absolute Gasteiger partial charge is 0.506 e. The maximum absolute atomic E-state index is 10.9. The molecule has 1 saturated heterocycles. The third-order valence-electron chi connectivity index (χ3n) is 7.42. The molecule has 5 rings (SSSR count). The van der Waals surface area contributed by atoms with Gasteiger partial charge in [0.25, 0.3) is 0 Å². The Hall–Kier alpha value is -2.40. The summed E-state index contributed by atoms with van der Waals surface area (Å²) in [5.41, 5.74) is 4.64. The van der Waals surface area contributed by atoms with Gasteiger partial charge >= 0.3 is 0 Å². The standard InChI is InChI=1S/C24H30N2O3/c1-28-22-7-6-16(13-23(22)29-2)26-20-12-15-11-19-17-5-3-4-8-24(17,9-10-25-19)18(15)14-21(20)27/h6-7,12-14,17,19,25-27H,3-5,8-11H2,1-2H3/t17-,19+,24+/m1/s1. The van der Waals surface area contributed by atoms with Crippen LogP contribution in [0, 0.1) is 5.92 Å². The third-order valence-corrected chi connectivity index (χ3v) is 7.42. The Balaban J connectivity index is 1.51. The normalized spacial score (nSPS) is 27.5. The van der Waals surface area contributed by atoms with E-state index >= 15 is 0 Å². The van der Waals surface area contributed by atoms with Crippen LogP contribution >= 0.6 is 0 Å². The lowest BCUT2D eigenvalue weighted by Crippen LogP contribution is -2.59. The van der Waals surface area contributed by atoms with Crippen molar-refractivity contribution in [2.24, 2.45) is 5.92 Å². The number of phenolic OH excluding ortho intramolecular Hbond substituents is 1. The summed E-state index contributed by atoms with van der Waals surface area (Å²) in [6.07, 6.45) is 7.43. The van der Waals surface area contributed by atoms with Crippen LogP contribution in [-0.2, 0) is 11.8 Å². The van der Waals surface area contributed by atoms with Gasteiger partial charge in [-0.2, -0.15) is 0 Å². The molecule has 2 aliphatic carbocycles. The van der Waals surface area contributed by atoms with Crippen LogP contribution in [0.1, 0.15) is 43.2 Å². The summed E-state index contributed by atoms with van der Waals surface area (Å²) in [6.45, 7) is 1.09. The van der Waals surface area contributed by atoms with E-state index in [4.69, 9.17) is 9.47 Å². The van der Waals surface area contributed by atoms with Gasteiger partial charge in [0.1, 0.15) is 5.75 Å². The molecule has 5 nitrogen and oxygen atoms in total. The molecule has 0 amide bonds. The molecule has 0 aromatic heterocycles. The predicted molar refractivity (Wildman–Crippen MR) is 115 cm³/mol. The summed E-state index contributed by atoms with van der Waals surface area (Å²) in [4.78, 5) is 0. The van der Waals surface area contributed by atoms with Crippen molar-refractivity contribution in [2.45, 2.75) is 50.0 Å². The fraction of sp³-hybridized carbons (Fsp3) is 0.500. The van der Waals surface area contributed by atoms with Crippen molar-refractivity contribution in [3.05, 3.63) is 41.5 Å². The number of anilines is 2. The first-order chi connectivity index (χ1) is 14.1. The highest BCUT2D eigenvalue weighted by atomic mass is 16.5. The molecule has 29 heavy (non-hydrogen) atoms. The van der Waals surface area contributed by atoms with Crippen molar-refractivity contribution in [1.82, 2.24) is 5.32 Å². The Morgan fingerprint density at radius 2 is 1.93 bits per heavy atom. The molecule has 3 aliphatic rings. The fourth-order valence-electron chi connectivity index (χ4n) is 6.14. The first-order valence-electron chi connectivity index (χ1n) is 10.7. The van der Waals surface area contributed by atoms with Gasteiger partial charge in [0.2, 0.25) is 0 Å². The molecule has 3 N–H and O–H groups in total. The lowest BCUT2D eigenvalue weighted by molar-refractivity contribution is 0.0796. The zero-order valence-corrected chi connectivity index (χ0v) is 17.3. The fourth-order valence-corrected chi connectivity index (χ4v) is 6.14. The molecule has 1 saturated carbocycles. The first kappa shape index (κ1) is 18.6. The topological polar surface area (TPSA) is 62.8 Å². The highest BCUT2D eigenvalue weighted by molar-refractivity contribution is 5.70. The molecular weight excluding hydrogens is 364 g/mol. The van der Waals surface area contributed by atoms with Gasteiger partial charge in [-0.25, -0.2) is 0 Å². The zero-order valence-electron chi connectivity index (χ0n) is 17.3. The smallest absolute Gasteiger partial charge is 0.162 e. The van der Waals surface area contributed by atoms with Crippen LogP contribution in [0.4, 0.5) is 11.4 Å². The average Bonchev–Trinajstić information content (AvgIpc) is 2.75. The summed E-state index contributed by atoms with van der Waals surface area (Å²) >= 11 is 0. The van der Waals surface area contributed by atoms with Crippen molar-refractivity contribution in [1.29, 1.82) is 0 Å². The lowest BCUT2D eigenvalue weighted by atomic mass is 9.53. The number of benzene rings is 2. The number of phenols is 1. The second-order valence-corrected chi connectivity index (χ2v) is 8.74. The van der Waals surface area contributed by atoms with Gasteiger partial charge in [0.15, 0.2) is 11.5 Å². The van der Waals surface area contributed by atoms with E-state index in [9.17, 15) is 5.11 Å². The van der Waals surface area contributed by atoms with Crippen LogP contribution in [0.5, 0.6) is 17.2 Å². The van der Waals surface area contributed by atoms with E-state index in [0.29, 0.717) is 29.2 Å². The number of hydrogen-bond acceptors (Lipinski definition) is 5. The van der Waals surface area contributed by atoms with E-state index < -0.39 is 0 Å². The molecule has 1 heterocycles. The third kappa shape index (κ3) is 2.94. The van der Waals surface area contributed by atoms with Crippen molar-refractivity contribution in [3.8, 4) is 17.2 Å². The van der Waals surface area contributed by atoms with Gasteiger partial charge < -0.3 is 25.2 Å². The maximum Gasteiger partial charge on any atom is 0.162 e. The molecule has 2 fully saturated rings. The van der Waals surface area contributed by atoms with Crippen LogP contribution < -0.4 is 20.1 Å². The zero-order chi connectivity index (χ0) is 20.0. The van der Waals surface area contributed by atoms with Crippen LogP contribution in [0.2, 0.25) is 0 Å². The Morgan fingerprint density at radius 1 is 1.07 bits per heavy atom. The van der Waals surface area contributed by atoms with Gasteiger partial charge in [-0.1, -0.05) is 12.8 Å². The molecule has 0 radical (unpaired) electrons. The number of nitrogens with one attached hydrogen (secondary N) is 2. The second kappa shape index (κ2) is 7.13. The van der Waals surface area contributed by atoms with E-state index in [-0.39, 0.29) is 5.41 Å². The Bertz CT molecular complexity index is 925. The predicted octanol–water partition coefficient (Wildman–Crippen LogP) is 4.50. The molecule has 2 aromatic carbocycles. The van der Waals surface area contributed by atoms with Crippen LogP contribution in [0.3, 0.4) is 0 Å². The van der Waals surface area contributed by atoms with Crippen molar-refractivity contribution in [3.63, 3.8) is 0 Å². The van der Waals surface area contributed by atoms with Crippen molar-refractivity contribution in [2.75, 3.05) is 26.1 Å². The molecule has 0 spiro atoms. The first-order valence-corrected chi connectivity index (χ1v) is 10.7. The van der Waals surface area contributed by atoms with Crippen molar-refractivity contribution >= 4 is 11.4 Å². The number of hydrogen-bond donors (Lipinski definition) is 3. The minimum Gasteiger partial charge on any atom is -0.506 e.